The number of nitrogens with one attached hydrogen (secondary N) is 1. The van der Waals surface area contributed by atoms with E-state index in [1.165, 1.54) is 4.68 Å². The number of benzene rings is 2. The Morgan fingerprint density at radius 2 is 1.71 bits per heavy atom. The highest BCUT2D eigenvalue weighted by atomic mass is 16.2. The summed E-state index contributed by atoms with van der Waals surface area (Å²) < 4.78 is 1.52. The largest absolute Gasteiger partial charge is 0.363 e. The van der Waals surface area contributed by atoms with Gasteiger partial charge in [-0.3, -0.25) is 14.4 Å². The van der Waals surface area contributed by atoms with E-state index < -0.39 is 23.6 Å². The number of rotatable bonds is 7. The Hall–Kier alpha value is -4.33. The summed E-state index contributed by atoms with van der Waals surface area (Å²) in [7, 11) is 0. The number of primary amides is 1. The summed E-state index contributed by atoms with van der Waals surface area (Å²) in [5, 5.41) is 8.00. The van der Waals surface area contributed by atoms with Crippen LogP contribution >= 0.6 is 0 Å². The van der Waals surface area contributed by atoms with E-state index in [0.717, 1.165) is 16.5 Å². The molecule has 0 aliphatic heterocycles. The number of hydrogen-bond donors (Lipinski definition) is 2. The van der Waals surface area contributed by atoms with Crippen LogP contribution in [0.25, 0.3) is 16.7 Å². The van der Waals surface area contributed by atoms with E-state index in [2.05, 4.69) is 15.4 Å². The molecule has 0 bridgehead atoms. The third-order valence-electron chi connectivity index (χ3n) is 4.81. The van der Waals surface area contributed by atoms with Gasteiger partial charge in [0.15, 0.2) is 5.82 Å². The molecule has 0 saturated carbocycles. The normalized spacial score (nSPS) is 11.7. The highest BCUT2D eigenvalue weighted by Gasteiger charge is 2.27. The van der Waals surface area contributed by atoms with Crippen LogP contribution in [0.2, 0.25) is 0 Å². The van der Waals surface area contributed by atoms with E-state index in [0.29, 0.717) is 5.82 Å². The average Bonchev–Trinajstić information content (AvgIpc) is 3.23. The molecule has 2 heterocycles. The topological polar surface area (TPSA) is 120 Å². The van der Waals surface area contributed by atoms with Crippen molar-refractivity contribution in [3.63, 3.8) is 0 Å². The second-order valence-electron chi connectivity index (χ2n) is 6.95. The van der Waals surface area contributed by atoms with E-state index in [1.807, 2.05) is 42.5 Å². The van der Waals surface area contributed by atoms with Gasteiger partial charge in [0, 0.05) is 24.2 Å². The molecule has 2 aromatic carbocycles. The maximum atomic E-state index is 13.1. The van der Waals surface area contributed by atoms with Gasteiger partial charge < -0.3 is 11.1 Å². The fourth-order valence-corrected chi connectivity index (χ4v) is 3.30. The van der Waals surface area contributed by atoms with Crippen molar-refractivity contribution in [3.05, 3.63) is 90.3 Å². The quantitative estimate of drug-likeness (QED) is 0.448. The first-order valence-corrected chi connectivity index (χ1v) is 9.61. The van der Waals surface area contributed by atoms with Crippen LogP contribution in [0.1, 0.15) is 15.9 Å². The van der Waals surface area contributed by atoms with E-state index >= 15 is 0 Å². The standard InChI is InChI=1S/C23H19N5O3/c24-21(30)20(29)19(13-15-7-2-1-3-8-15)26-23(31)17-10-6-12-25-22(17)28-14-16-9-4-5-11-18(16)27-28/h1-12,14,19H,13H2,(H2,24,30)(H,26,31). The summed E-state index contributed by atoms with van der Waals surface area (Å²) in [5.41, 5.74) is 6.96. The third-order valence-corrected chi connectivity index (χ3v) is 4.81. The molecule has 3 N–H and O–H groups in total. The summed E-state index contributed by atoms with van der Waals surface area (Å²) in [5.74, 6) is -2.22. The summed E-state index contributed by atoms with van der Waals surface area (Å²) in [6.07, 6.45) is 3.45. The molecule has 4 rings (SSSR count). The van der Waals surface area contributed by atoms with Crippen molar-refractivity contribution in [2.75, 3.05) is 0 Å². The van der Waals surface area contributed by atoms with Gasteiger partial charge in [-0.25, -0.2) is 9.67 Å². The first-order chi connectivity index (χ1) is 15.0. The van der Waals surface area contributed by atoms with Crippen molar-refractivity contribution in [3.8, 4) is 5.82 Å². The highest BCUT2D eigenvalue weighted by Crippen LogP contribution is 2.17. The van der Waals surface area contributed by atoms with Crippen LogP contribution in [-0.4, -0.2) is 38.4 Å². The fourth-order valence-electron chi connectivity index (χ4n) is 3.30. The molecule has 1 unspecified atom stereocenters. The van der Waals surface area contributed by atoms with Crippen LogP contribution in [0.5, 0.6) is 0 Å². The molecule has 31 heavy (non-hydrogen) atoms. The number of carbonyl (C=O) groups excluding carboxylic acids is 3. The summed E-state index contributed by atoms with van der Waals surface area (Å²) >= 11 is 0. The number of Topliss-reactive ketones (excluding diaryl/α,β-unsaturated/α-hetero) is 1. The molecular formula is C23H19N5O3. The zero-order chi connectivity index (χ0) is 21.8. The van der Waals surface area contributed by atoms with Crippen molar-refractivity contribution in [1.82, 2.24) is 20.1 Å². The molecule has 154 valence electrons. The zero-order valence-electron chi connectivity index (χ0n) is 16.4. The number of fused-ring (bicyclic) bond motifs is 1. The molecule has 4 aromatic rings. The first kappa shape index (κ1) is 20.0. The van der Waals surface area contributed by atoms with Gasteiger partial charge in [-0.2, -0.15) is 5.10 Å². The Labute approximate surface area is 177 Å². The number of ketones is 1. The fraction of sp³-hybridized carbons (Fsp3) is 0.0870. The minimum Gasteiger partial charge on any atom is -0.363 e. The number of amides is 2. The van der Waals surface area contributed by atoms with Crippen LogP contribution in [0.4, 0.5) is 0 Å². The van der Waals surface area contributed by atoms with Crippen LogP contribution in [0.15, 0.2) is 79.1 Å². The van der Waals surface area contributed by atoms with Crippen LogP contribution in [-0.2, 0) is 16.0 Å². The molecule has 1 atom stereocenters. The molecule has 2 amide bonds. The monoisotopic (exact) mass is 413 g/mol. The van der Waals surface area contributed by atoms with Crippen molar-refractivity contribution < 1.29 is 14.4 Å². The summed E-state index contributed by atoms with van der Waals surface area (Å²) in [4.78, 5) is 41.3. The lowest BCUT2D eigenvalue weighted by atomic mass is 10.0. The van der Waals surface area contributed by atoms with Crippen molar-refractivity contribution in [1.29, 1.82) is 0 Å². The molecule has 0 fully saturated rings. The van der Waals surface area contributed by atoms with E-state index in [1.54, 1.807) is 36.7 Å². The number of carbonyl (C=O) groups is 3. The average molecular weight is 413 g/mol. The lowest BCUT2D eigenvalue weighted by Crippen LogP contribution is -2.47. The van der Waals surface area contributed by atoms with E-state index in [-0.39, 0.29) is 12.0 Å². The number of pyridine rings is 1. The Morgan fingerprint density at radius 1 is 0.968 bits per heavy atom. The number of nitrogens with zero attached hydrogens (tertiary/aromatic N) is 3. The first-order valence-electron chi connectivity index (χ1n) is 9.61. The minimum absolute atomic E-state index is 0.135. The number of aromatic nitrogens is 3. The zero-order valence-corrected chi connectivity index (χ0v) is 16.4. The predicted octanol–water partition coefficient (Wildman–Crippen LogP) is 1.82. The van der Waals surface area contributed by atoms with Crippen LogP contribution in [0.3, 0.4) is 0 Å². The van der Waals surface area contributed by atoms with Gasteiger partial charge >= 0.3 is 0 Å². The Morgan fingerprint density at radius 3 is 2.45 bits per heavy atom. The smallest absolute Gasteiger partial charge is 0.287 e. The molecule has 2 aromatic heterocycles. The molecule has 0 radical (unpaired) electrons. The van der Waals surface area contributed by atoms with Gasteiger partial charge in [-0.05, 0) is 23.8 Å². The maximum Gasteiger partial charge on any atom is 0.287 e. The van der Waals surface area contributed by atoms with Crippen molar-refractivity contribution in [2.24, 2.45) is 5.73 Å². The van der Waals surface area contributed by atoms with Gasteiger partial charge in [0.25, 0.3) is 11.8 Å². The van der Waals surface area contributed by atoms with E-state index in [9.17, 15) is 14.4 Å². The minimum atomic E-state index is -1.11. The van der Waals surface area contributed by atoms with Crippen molar-refractivity contribution in [2.45, 2.75) is 12.5 Å². The Bertz CT molecular complexity index is 1230. The lowest BCUT2D eigenvalue weighted by molar-refractivity contribution is -0.137. The Balaban J connectivity index is 1.65. The predicted molar refractivity (Wildman–Crippen MR) is 114 cm³/mol. The third kappa shape index (κ3) is 4.32. The molecule has 8 nitrogen and oxygen atoms in total. The van der Waals surface area contributed by atoms with Gasteiger partial charge in [0.05, 0.1) is 11.1 Å². The summed E-state index contributed by atoms with van der Waals surface area (Å²) in [6.45, 7) is 0. The SMILES string of the molecule is NC(=O)C(=O)C(Cc1ccccc1)NC(=O)c1cccnc1-n1cc2ccccc2n1. The number of hydrogen-bond acceptors (Lipinski definition) is 5. The second kappa shape index (κ2) is 8.58. The van der Waals surface area contributed by atoms with Crippen LogP contribution in [0, 0.1) is 0 Å². The number of nitrogens with two attached hydrogens (primary N) is 1. The Kier molecular flexibility index (Phi) is 5.53. The van der Waals surface area contributed by atoms with E-state index in [4.69, 9.17) is 5.73 Å². The lowest BCUT2D eigenvalue weighted by Gasteiger charge is -2.17. The maximum absolute atomic E-state index is 13.1. The van der Waals surface area contributed by atoms with Crippen molar-refractivity contribution >= 4 is 28.5 Å². The van der Waals surface area contributed by atoms with Gasteiger partial charge in [-0.1, -0.05) is 48.5 Å². The molecule has 0 aliphatic carbocycles. The highest BCUT2D eigenvalue weighted by molar-refractivity contribution is 6.38. The van der Waals surface area contributed by atoms with Crippen LogP contribution < -0.4 is 11.1 Å². The van der Waals surface area contributed by atoms with Gasteiger partial charge in [-0.15, -0.1) is 0 Å². The summed E-state index contributed by atoms with van der Waals surface area (Å²) in [6, 6.07) is 18.7. The molecular weight excluding hydrogens is 394 g/mol. The molecule has 0 saturated heterocycles. The van der Waals surface area contributed by atoms with Gasteiger partial charge in [0.2, 0.25) is 5.78 Å². The second-order valence-corrected chi connectivity index (χ2v) is 6.95. The molecule has 0 aliphatic rings. The molecule has 0 spiro atoms. The van der Waals surface area contributed by atoms with Gasteiger partial charge in [0.1, 0.15) is 6.04 Å². The molecule has 8 heteroatoms.